The Balaban J connectivity index is 1.94. The molecule has 0 saturated carbocycles. The number of amides is 1. The first-order chi connectivity index (χ1) is 9.35. The third kappa shape index (κ3) is 3.98. The van der Waals surface area contributed by atoms with Gasteiger partial charge in [-0.3, -0.25) is 9.69 Å². The lowest BCUT2D eigenvalue weighted by Gasteiger charge is -2.36. The van der Waals surface area contributed by atoms with Crippen molar-refractivity contribution in [3.8, 4) is 0 Å². The monoisotopic (exact) mass is 284 g/mol. The normalized spacial score (nSPS) is 23.6. The van der Waals surface area contributed by atoms with Crippen LogP contribution in [0.1, 0.15) is 19.8 Å². The van der Waals surface area contributed by atoms with E-state index in [1.54, 1.807) is 11.8 Å². The van der Waals surface area contributed by atoms with Crippen LogP contribution < -0.4 is 5.32 Å². The first-order valence-corrected chi connectivity index (χ1v) is 6.55. The van der Waals surface area contributed by atoms with Gasteiger partial charge in [-0.1, -0.05) is 0 Å². The van der Waals surface area contributed by atoms with Gasteiger partial charge in [0.25, 0.3) is 0 Å². The van der Waals surface area contributed by atoms with Crippen molar-refractivity contribution >= 4 is 11.6 Å². The van der Waals surface area contributed by atoms with Crippen LogP contribution >= 0.6 is 0 Å². The van der Waals surface area contributed by atoms with Crippen LogP contribution in [0.3, 0.4) is 0 Å². The van der Waals surface area contributed by atoms with E-state index in [9.17, 15) is 18.7 Å². The summed E-state index contributed by atoms with van der Waals surface area (Å²) in [6, 6.07) is 2.91. The lowest BCUT2D eigenvalue weighted by Crippen LogP contribution is -2.48. The Morgan fingerprint density at radius 2 is 2.25 bits per heavy atom. The standard InChI is InChI=1S/C14H18F2N2O2/c1-14(20)5-2-6-18(9-14)8-13(19)17-12-7-10(15)3-4-11(12)16/h3-4,7,20H,2,5-6,8-9H2,1H3,(H,17,19). The number of nitrogens with one attached hydrogen (secondary N) is 1. The van der Waals surface area contributed by atoms with E-state index < -0.39 is 23.1 Å². The maximum absolute atomic E-state index is 13.4. The molecule has 20 heavy (non-hydrogen) atoms. The second-order valence-electron chi connectivity index (χ2n) is 5.48. The molecule has 0 aliphatic carbocycles. The van der Waals surface area contributed by atoms with E-state index in [2.05, 4.69) is 5.32 Å². The quantitative estimate of drug-likeness (QED) is 0.889. The van der Waals surface area contributed by atoms with Gasteiger partial charge in [-0.25, -0.2) is 8.78 Å². The van der Waals surface area contributed by atoms with Crippen molar-refractivity contribution in [3.05, 3.63) is 29.8 Å². The second kappa shape index (κ2) is 5.85. The first-order valence-electron chi connectivity index (χ1n) is 6.55. The number of piperidine rings is 1. The van der Waals surface area contributed by atoms with Gasteiger partial charge >= 0.3 is 0 Å². The number of carbonyl (C=O) groups is 1. The Labute approximate surface area is 116 Å². The second-order valence-corrected chi connectivity index (χ2v) is 5.48. The minimum absolute atomic E-state index is 0.0477. The van der Waals surface area contributed by atoms with Gasteiger partial charge in [0.15, 0.2) is 0 Å². The van der Waals surface area contributed by atoms with Gasteiger partial charge in [-0.05, 0) is 38.4 Å². The summed E-state index contributed by atoms with van der Waals surface area (Å²) in [5, 5.41) is 12.3. The smallest absolute Gasteiger partial charge is 0.238 e. The van der Waals surface area contributed by atoms with E-state index in [0.29, 0.717) is 19.5 Å². The van der Waals surface area contributed by atoms with Gasteiger partial charge in [0, 0.05) is 12.6 Å². The van der Waals surface area contributed by atoms with Crippen LogP contribution in [-0.2, 0) is 4.79 Å². The van der Waals surface area contributed by atoms with Crippen LogP contribution in [0.5, 0.6) is 0 Å². The maximum atomic E-state index is 13.4. The Morgan fingerprint density at radius 1 is 1.50 bits per heavy atom. The summed E-state index contributed by atoms with van der Waals surface area (Å²) in [4.78, 5) is 13.6. The van der Waals surface area contributed by atoms with Crippen molar-refractivity contribution in [2.75, 3.05) is 25.0 Å². The average Bonchev–Trinajstić information content (AvgIpc) is 2.32. The van der Waals surface area contributed by atoms with Crippen molar-refractivity contribution < 1.29 is 18.7 Å². The fourth-order valence-corrected chi connectivity index (χ4v) is 2.44. The molecule has 2 N–H and O–H groups in total. The topological polar surface area (TPSA) is 52.6 Å². The van der Waals surface area contributed by atoms with Crippen LogP contribution in [0.25, 0.3) is 0 Å². The van der Waals surface area contributed by atoms with Crippen molar-refractivity contribution in [2.45, 2.75) is 25.4 Å². The molecule has 0 aromatic heterocycles. The van der Waals surface area contributed by atoms with Crippen LogP contribution in [0, 0.1) is 11.6 Å². The molecule has 2 rings (SSSR count). The van der Waals surface area contributed by atoms with E-state index in [-0.39, 0.29) is 12.2 Å². The van der Waals surface area contributed by atoms with Crippen LogP contribution in [0.15, 0.2) is 18.2 Å². The molecule has 1 fully saturated rings. The predicted molar refractivity (Wildman–Crippen MR) is 71.3 cm³/mol. The van der Waals surface area contributed by atoms with Gasteiger partial charge in [-0.2, -0.15) is 0 Å². The molecule has 1 aromatic carbocycles. The number of halogens is 2. The van der Waals surface area contributed by atoms with Gasteiger partial charge in [0.2, 0.25) is 5.91 Å². The molecule has 1 aliphatic heterocycles. The van der Waals surface area contributed by atoms with E-state index in [1.165, 1.54) is 0 Å². The number of aliphatic hydroxyl groups is 1. The number of β-amino-alcohol motifs (C(OH)–C–C–N with tert-alkyl or cyclic N) is 1. The molecular weight excluding hydrogens is 266 g/mol. The third-order valence-corrected chi connectivity index (χ3v) is 3.32. The van der Waals surface area contributed by atoms with Crippen molar-refractivity contribution in [1.82, 2.24) is 4.90 Å². The summed E-state index contributed by atoms with van der Waals surface area (Å²) in [6.45, 7) is 2.87. The highest BCUT2D eigenvalue weighted by Gasteiger charge is 2.29. The van der Waals surface area contributed by atoms with Crippen LogP contribution in [0.2, 0.25) is 0 Å². The molecule has 1 aromatic rings. The van der Waals surface area contributed by atoms with Crippen molar-refractivity contribution in [3.63, 3.8) is 0 Å². The summed E-state index contributed by atoms with van der Waals surface area (Å²) in [7, 11) is 0. The average molecular weight is 284 g/mol. The zero-order chi connectivity index (χ0) is 14.8. The van der Waals surface area contributed by atoms with Gasteiger partial charge < -0.3 is 10.4 Å². The zero-order valence-electron chi connectivity index (χ0n) is 11.3. The molecule has 0 radical (unpaired) electrons. The molecule has 0 bridgehead atoms. The number of hydrogen-bond acceptors (Lipinski definition) is 3. The van der Waals surface area contributed by atoms with E-state index in [0.717, 1.165) is 24.6 Å². The molecule has 6 heteroatoms. The number of benzene rings is 1. The Hall–Kier alpha value is -1.53. The lowest BCUT2D eigenvalue weighted by atomic mass is 9.95. The van der Waals surface area contributed by atoms with E-state index >= 15 is 0 Å². The Bertz CT molecular complexity index is 506. The largest absolute Gasteiger partial charge is 0.389 e. The Morgan fingerprint density at radius 3 is 2.95 bits per heavy atom. The SMILES string of the molecule is CC1(O)CCCN(CC(=O)Nc2cc(F)ccc2F)C1. The number of nitrogens with zero attached hydrogens (tertiary/aromatic N) is 1. The molecule has 0 spiro atoms. The number of carbonyl (C=O) groups excluding carboxylic acids is 1. The lowest BCUT2D eigenvalue weighted by molar-refractivity contribution is -0.118. The summed E-state index contributed by atoms with van der Waals surface area (Å²) >= 11 is 0. The fraction of sp³-hybridized carbons (Fsp3) is 0.500. The highest BCUT2D eigenvalue weighted by molar-refractivity contribution is 5.92. The van der Waals surface area contributed by atoms with Crippen LogP contribution in [0.4, 0.5) is 14.5 Å². The number of rotatable bonds is 3. The minimum Gasteiger partial charge on any atom is -0.389 e. The van der Waals surface area contributed by atoms with Gasteiger partial charge in [0.1, 0.15) is 11.6 Å². The third-order valence-electron chi connectivity index (χ3n) is 3.32. The molecule has 1 unspecified atom stereocenters. The minimum atomic E-state index is -0.803. The molecular formula is C14H18F2N2O2. The van der Waals surface area contributed by atoms with Gasteiger partial charge in [-0.15, -0.1) is 0 Å². The number of anilines is 1. The molecule has 4 nitrogen and oxygen atoms in total. The number of likely N-dealkylation sites (tertiary alicyclic amines) is 1. The Kier molecular flexibility index (Phi) is 4.35. The zero-order valence-corrected chi connectivity index (χ0v) is 11.3. The molecule has 1 amide bonds. The molecule has 1 heterocycles. The molecule has 1 aliphatic rings. The highest BCUT2D eigenvalue weighted by atomic mass is 19.1. The van der Waals surface area contributed by atoms with E-state index in [1.807, 2.05) is 0 Å². The fourth-order valence-electron chi connectivity index (χ4n) is 2.44. The molecule has 1 atom stereocenters. The first kappa shape index (κ1) is 14.9. The summed E-state index contributed by atoms with van der Waals surface area (Å²) < 4.78 is 26.4. The summed E-state index contributed by atoms with van der Waals surface area (Å²) in [5.41, 5.74) is -0.971. The van der Waals surface area contributed by atoms with E-state index in [4.69, 9.17) is 0 Å². The highest BCUT2D eigenvalue weighted by Crippen LogP contribution is 2.20. The van der Waals surface area contributed by atoms with Gasteiger partial charge in [0.05, 0.1) is 17.8 Å². The summed E-state index contributed by atoms with van der Waals surface area (Å²) in [5.74, 6) is -1.71. The predicted octanol–water partition coefficient (Wildman–Crippen LogP) is 1.75. The maximum Gasteiger partial charge on any atom is 0.238 e. The molecule has 1 saturated heterocycles. The number of hydrogen-bond donors (Lipinski definition) is 2. The van der Waals surface area contributed by atoms with Crippen molar-refractivity contribution in [1.29, 1.82) is 0 Å². The van der Waals surface area contributed by atoms with Crippen LogP contribution in [-0.4, -0.2) is 41.1 Å². The van der Waals surface area contributed by atoms with Crippen molar-refractivity contribution in [2.24, 2.45) is 0 Å². The summed E-state index contributed by atoms with van der Waals surface area (Å²) in [6.07, 6.45) is 1.50. The molecule has 110 valence electrons.